The van der Waals surface area contributed by atoms with E-state index in [0.29, 0.717) is 17.9 Å². The fourth-order valence-electron chi connectivity index (χ4n) is 4.56. The van der Waals surface area contributed by atoms with Gasteiger partial charge >= 0.3 is 5.97 Å². The van der Waals surface area contributed by atoms with E-state index in [1.54, 1.807) is 12.1 Å². The zero-order chi connectivity index (χ0) is 28.4. The maximum Gasteiger partial charge on any atom is 0.343 e. The predicted octanol–water partition coefficient (Wildman–Crippen LogP) is 10.2. The van der Waals surface area contributed by atoms with E-state index in [2.05, 4.69) is 32.6 Å². The molecule has 4 nitrogen and oxygen atoms in total. The average molecular weight is 543 g/mol. The molecular formula is C36H46O4. The van der Waals surface area contributed by atoms with Gasteiger partial charge in [-0.3, -0.25) is 0 Å². The monoisotopic (exact) mass is 542 g/mol. The van der Waals surface area contributed by atoms with Crippen molar-refractivity contribution < 1.29 is 19.0 Å². The highest BCUT2D eigenvalue weighted by molar-refractivity contribution is 5.91. The molecule has 0 amide bonds. The Morgan fingerprint density at radius 2 is 1.30 bits per heavy atom. The second-order valence-electron chi connectivity index (χ2n) is 10.4. The van der Waals surface area contributed by atoms with Crippen molar-refractivity contribution in [1.29, 1.82) is 0 Å². The Balaban J connectivity index is 1.41. The molecule has 0 spiro atoms. The van der Waals surface area contributed by atoms with Gasteiger partial charge in [-0.2, -0.15) is 0 Å². The van der Waals surface area contributed by atoms with Gasteiger partial charge in [-0.25, -0.2) is 4.79 Å². The van der Waals surface area contributed by atoms with Gasteiger partial charge in [0.15, 0.2) is 0 Å². The van der Waals surface area contributed by atoms with Crippen LogP contribution < -0.4 is 14.2 Å². The molecule has 0 N–H and O–H groups in total. The largest absolute Gasteiger partial charge is 0.494 e. The minimum absolute atomic E-state index is 0.216. The Bertz CT molecular complexity index is 1120. The van der Waals surface area contributed by atoms with Crippen LogP contribution in [0, 0.1) is 0 Å². The second kappa shape index (κ2) is 17.9. The summed E-state index contributed by atoms with van der Waals surface area (Å²) in [5, 5.41) is 0. The van der Waals surface area contributed by atoms with Crippen LogP contribution in [-0.2, 0) is 0 Å². The van der Waals surface area contributed by atoms with Crippen LogP contribution in [0.15, 0.2) is 85.5 Å². The number of benzene rings is 3. The standard InChI is InChI=1S/C36H46O4/c1-4-6-8-10-11-12-14-28-38-33-22-20-32(21-23-33)36(37)40-35-26-18-31(19-27-35)30-16-24-34(25-17-30)39-29(3)15-13-9-7-5-2/h4,16-27,29H,1,5-15,28H2,2-3H3/t29-/m0/s1. The highest BCUT2D eigenvalue weighted by Crippen LogP contribution is 2.26. The molecule has 0 saturated carbocycles. The molecule has 0 radical (unpaired) electrons. The second-order valence-corrected chi connectivity index (χ2v) is 10.4. The Morgan fingerprint density at radius 3 is 1.95 bits per heavy atom. The van der Waals surface area contributed by atoms with E-state index in [1.807, 2.05) is 54.6 Å². The van der Waals surface area contributed by atoms with Gasteiger partial charge in [0.25, 0.3) is 0 Å². The molecule has 0 bridgehead atoms. The molecule has 4 heteroatoms. The van der Waals surface area contributed by atoms with Crippen LogP contribution in [0.25, 0.3) is 11.1 Å². The fourth-order valence-corrected chi connectivity index (χ4v) is 4.56. The van der Waals surface area contributed by atoms with Gasteiger partial charge in [0, 0.05) is 0 Å². The number of rotatable bonds is 19. The molecule has 0 heterocycles. The molecule has 0 aliphatic heterocycles. The van der Waals surface area contributed by atoms with Gasteiger partial charge in [0.2, 0.25) is 0 Å². The molecule has 0 unspecified atom stereocenters. The zero-order valence-corrected chi connectivity index (χ0v) is 24.4. The van der Waals surface area contributed by atoms with E-state index >= 15 is 0 Å². The summed E-state index contributed by atoms with van der Waals surface area (Å²) in [5.74, 6) is 1.79. The maximum absolute atomic E-state index is 12.6. The zero-order valence-electron chi connectivity index (χ0n) is 24.4. The molecule has 40 heavy (non-hydrogen) atoms. The third kappa shape index (κ3) is 11.3. The molecule has 214 valence electrons. The number of ether oxygens (including phenoxy) is 3. The van der Waals surface area contributed by atoms with E-state index in [1.165, 1.54) is 51.4 Å². The van der Waals surface area contributed by atoms with Gasteiger partial charge in [-0.1, -0.05) is 75.8 Å². The molecule has 1 atom stereocenters. The first-order chi connectivity index (χ1) is 19.6. The molecule has 3 aromatic rings. The number of carbonyl (C=O) groups is 1. The third-order valence-corrected chi connectivity index (χ3v) is 6.97. The van der Waals surface area contributed by atoms with Crippen molar-refractivity contribution in [3.63, 3.8) is 0 Å². The van der Waals surface area contributed by atoms with Crippen molar-refractivity contribution in [1.82, 2.24) is 0 Å². The summed E-state index contributed by atoms with van der Waals surface area (Å²) in [7, 11) is 0. The van der Waals surface area contributed by atoms with Crippen molar-refractivity contribution in [2.24, 2.45) is 0 Å². The number of esters is 1. The minimum Gasteiger partial charge on any atom is -0.494 e. The van der Waals surface area contributed by atoms with E-state index in [4.69, 9.17) is 14.2 Å². The Labute approximate surface area is 241 Å². The molecule has 0 saturated heterocycles. The summed E-state index contributed by atoms with van der Waals surface area (Å²) < 4.78 is 17.5. The number of hydrogen-bond acceptors (Lipinski definition) is 4. The molecule has 0 aliphatic carbocycles. The van der Waals surface area contributed by atoms with Crippen LogP contribution in [0.2, 0.25) is 0 Å². The van der Waals surface area contributed by atoms with Crippen LogP contribution in [0.3, 0.4) is 0 Å². The first-order valence-electron chi connectivity index (χ1n) is 15.0. The lowest BCUT2D eigenvalue weighted by molar-refractivity contribution is 0.0734. The molecule has 0 aromatic heterocycles. The minimum atomic E-state index is -0.385. The SMILES string of the molecule is C=CCCCCCCCOc1ccc(C(=O)Oc2ccc(-c3ccc(O[C@@H](C)CCCCCC)cc3)cc2)cc1. The van der Waals surface area contributed by atoms with Crippen molar-refractivity contribution in [2.75, 3.05) is 6.61 Å². The van der Waals surface area contributed by atoms with Crippen molar-refractivity contribution in [2.45, 2.75) is 90.6 Å². The van der Waals surface area contributed by atoms with Crippen LogP contribution >= 0.6 is 0 Å². The van der Waals surface area contributed by atoms with Gasteiger partial charge in [0.1, 0.15) is 17.2 Å². The lowest BCUT2D eigenvalue weighted by atomic mass is 10.1. The van der Waals surface area contributed by atoms with Gasteiger partial charge in [-0.15, -0.1) is 6.58 Å². The van der Waals surface area contributed by atoms with Gasteiger partial charge in [0.05, 0.1) is 18.3 Å². The molecule has 0 aliphatic rings. The molecule has 3 aromatic carbocycles. The number of allylic oxidation sites excluding steroid dienone is 1. The normalized spacial score (nSPS) is 11.6. The van der Waals surface area contributed by atoms with E-state index < -0.39 is 0 Å². The molecule has 3 rings (SSSR count). The first kappa shape index (κ1) is 31.0. The predicted molar refractivity (Wildman–Crippen MR) is 166 cm³/mol. The first-order valence-corrected chi connectivity index (χ1v) is 15.0. The summed E-state index contributed by atoms with van der Waals surface area (Å²) in [5.41, 5.74) is 2.63. The van der Waals surface area contributed by atoms with Crippen molar-refractivity contribution in [3.05, 3.63) is 91.0 Å². The molecule has 0 fully saturated rings. The highest BCUT2D eigenvalue weighted by atomic mass is 16.5. The van der Waals surface area contributed by atoms with Crippen LogP contribution in [-0.4, -0.2) is 18.7 Å². The highest BCUT2D eigenvalue weighted by Gasteiger charge is 2.10. The van der Waals surface area contributed by atoms with Crippen LogP contribution in [0.4, 0.5) is 0 Å². The van der Waals surface area contributed by atoms with Gasteiger partial charge in [-0.05, 0) is 98.7 Å². The van der Waals surface area contributed by atoms with Crippen LogP contribution in [0.5, 0.6) is 17.2 Å². The molecular weight excluding hydrogens is 496 g/mol. The number of carbonyl (C=O) groups excluding carboxylic acids is 1. The Kier molecular flexibility index (Phi) is 13.9. The summed E-state index contributed by atoms with van der Waals surface area (Å²) in [6, 6.07) is 22.9. The topological polar surface area (TPSA) is 44.8 Å². The lowest BCUT2D eigenvalue weighted by Crippen LogP contribution is -2.11. The summed E-state index contributed by atoms with van der Waals surface area (Å²) >= 11 is 0. The van der Waals surface area contributed by atoms with E-state index in [0.717, 1.165) is 41.9 Å². The average Bonchev–Trinajstić information content (AvgIpc) is 2.98. The smallest absolute Gasteiger partial charge is 0.343 e. The Morgan fingerprint density at radius 1 is 0.725 bits per heavy atom. The number of unbranched alkanes of at least 4 members (excludes halogenated alkanes) is 8. The fraction of sp³-hybridized carbons (Fsp3) is 0.417. The van der Waals surface area contributed by atoms with Crippen molar-refractivity contribution >= 4 is 5.97 Å². The third-order valence-electron chi connectivity index (χ3n) is 6.97. The van der Waals surface area contributed by atoms with E-state index in [9.17, 15) is 4.79 Å². The van der Waals surface area contributed by atoms with E-state index in [-0.39, 0.29) is 12.1 Å². The van der Waals surface area contributed by atoms with Gasteiger partial charge < -0.3 is 14.2 Å². The lowest BCUT2D eigenvalue weighted by Gasteiger charge is -2.15. The number of hydrogen-bond donors (Lipinski definition) is 0. The quantitative estimate of drug-likeness (QED) is 0.0654. The summed E-state index contributed by atoms with van der Waals surface area (Å²) in [6.45, 7) is 8.81. The maximum atomic E-state index is 12.6. The summed E-state index contributed by atoms with van der Waals surface area (Å²) in [6.07, 6.45) is 15.3. The summed E-state index contributed by atoms with van der Waals surface area (Å²) in [4.78, 5) is 12.6. The van der Waals surface area contributed by atoms with Crippen molar-refractivity contribution in [3.8, 4) is 28.4 Å². The Hall–Kier alpha value is -3.53. The van der Waals surface area contributed by atoms with Crippen LogP contribution in [0.1, 0.15) is 94.8 Å².